The zero-order chi connectivity index (χ0) is 13.1. The van der Waals surface area contributed by atoms with Gasteiger partial charge >= 0.3 is 0 Å². The van der Waals surface area contributed by atoms with E-state index in [0.717, 1.165) is 15.6 Å². The Morgan fingerprint density at radius 3 is 2.56 bits per heavy atom. The number of aliphatic hydroxyl groups is 1. The molecule has 18 heavy (non-hydrogen) atoms. The summed E-state index contributed by atoms with van der Waals surface area (Å²) < 4.78 is 0.941. The average molecular weight is 346 g/mol. The largest absolute Gasteiger partial charge is 0.388 e. The molecule has 1 atom stereocenters. The van der Waals surface area contributed by atoms with Crippen LogP contribution in [0.5, 0.6) is 0 Å². The van der Waals surface area contributed by atoms with Crippen molar-refractivity contribution in [2.24, 2.45) is 0 Å². The molecule has 0 saturated heterocycles. The highest BCUT2D eigenvalue weighted by atomic mass is 79.9. The van der Waals surface area contributed by atoms with Gasteiger partial charge in [-0.05, 0) is 29.3 Å². The third-order valence-corrected chi connectivity index (χ3v) is 4.03. The Bertz CT molecular complexity index is 557. The maximum absolute atomic E-state index is 10.2. The molecule has 1 unspecified atom stereocenters. The van der Waals surface area contributed by atoms with Gasteiger partial charge in [-0.1, -0.05) is 63.4 Å². The van der Waals surface area contributed by atoms with Crippen LogP contribution in [0, 0.1) is 0 Å². The van der Waals surface area contributed by atoms with Crippen LogP contribution in [0.3, 0.4) is 0 Å². The Balaban J connectivity index is 2.21. The van der Waals surface area contributed by atoms with E-state index in [2.05, 4.69) is 15.9 Å². The molecule has 2 aromatic carbocycles. The lowest BCUT2D eigenvalue weighted by atomic mass is 10.0. The summed E-state index contributed by atoms with van der Waals surface area (Å²) in [4.78, 5) is 0. The molecule has 0 saturated carbocycles. The third kappa shape index (κ3) is 3.27. The Morgan fingerprint density at radius 1 is 1.11 bits per heavy atom. The van der Waals surface area contributed by atoms with Gasteiger partial charge in [-0.25, -0.2) is 0 Å². The molecule has 1 nitrogen and oxygen atoms in total. The van der Waals surface area contributed by atoms with Crippen LogP contribution in [0.4, 0.5) is 0 Å². The van der Waals surface area contributed by atoms with Gasteiger partial charge in [0.1, 0.15) is 0 Å². The van der Waals surface area contributed by atoms with Crippen molar-refractivity contribution in [3.05, 3.63) is 68.1 Å². The lowest BCUT2D eigenvalue weighted by Gasteiger charge is -2.13. The minimum absolute atomic E-state index is 0.440. The smallest absolute Gasteiger partial charge is 0.0831 e. The van der Waals surface area contributed by atoms with Crippen LogP contribution in [-0.4, -0.2) is 5.11 Å². The van der Waals surface area contributed by atoms with Gasteiger partial charge in [-0.15, -0.1) is 0 Å². The molecule has 0 aliphatic carbocycles. The van der Waals surface area contributed by atoms with Crippen LogP contribution in [0.25, 0.3) is 0 Å². The van der Waals surface area contributed by atoms with Crippen molar-refractivity contribution in [2.75, 3.05) is 0 Å². The highest BCUT2D eigenvalue weighted by molar-refractivity contribution is 9.10. The monoisotopic (exact) mass is 344 g/mol. The van der Waals surface area contributed by atoms with Gasteiger partial charge in [0, 0.05) is 10.9 Å². The number of aliphatic hydroxyl groups excluding tert-OH is 1. The molecule has 1 N–H and O–H groups in total. The Labute approximate surface area is 124 Å². The Kier molecular flexibility index (Phi) is 4.68. The molecule has 0 aliphatic rings. The molecule has 0 aromatic heterocycles. The van der Waals surface area contributed by atoms with E-state index in [9.17, 15) is 5.11 Å². The fourth-order valence-corrected chi connectivity index (χ4v) is 2.56. The summed E-state index contributed by atoms with van der Waals surface area (Å²) in [6, 6.07) is 13.0. The SMILES string of the molecule is OC(Cc1cccc(Cl)c1Cl)c1cccc(Br)c1. The van der Waals surface area contributed by atoms with Gasteiger partial charge in [0.2, 0.25) is 0 Å². The molecule has 2 aromatic rings. The summed E-state index contributed by atoms with van der Waals surface area (Å²) in [5, 5.41) is 11.2. The van der Waals surface area contributed by atoms with Crippen molar-refractivity contribution in [3.63, 3.8) is 0 Å². The lowest BCUT2D eigenvalue weighted by Crippen LogP contribution is -2.02. The minimum Gasteiger partial charge on any atom is -0.388 e. The first-order valence-electron chi connectivity index (χ1n) is 5.44. The van der Waals surface area contributed by atoms with Crippen molar-refractivity contribution >= 4 is 39.1 Å². The molecule has 0 amide bonds. The number of hydrogen-bond acceptors (Lipinski definition) is 1. The van der Waals surface area contributed by atoms with Gasteiger partial charge in [0.15, 0.2) is 0 Å². The van der Waals surface area contributed by atoms with Gasteiger partial charge < -0.3 is 5.11 Å². The highest BCUT2D eigenvalue weighted by Gasteiger charge is 2.12. The van der Waals surface area contributed by atoms with Crippen LogP contribution in [0.1, 0.15) is 17.2 Å². The summed E-state index contributed by atoms with van der Waals surface area (Å²) in [6.07, 6.45) is -0.158. The first-order chi connectivity index (χ1) is 8.58. The molecule has 2 rings (SSSR count). The summed E-state index contributed by atoms with van der Waals surface area (Å²) in [5.74, 6) is 0. The van der Waals surface area contributed by atoms with Gasteiger partial charge in [0.25, 0.3) is 0 Å². The number of halogens is 3. The summed E-state index contributed by atoms with van der Waals surface area (Å²) in [6.45, 7) is 0. The van der Waals surface area contributed by atoms with E-state index in [1.807, 2.05) is 36.4 Å². The standard InChI is InChI=1S/C14H11BrCl2O/c15-11-5-1-3-9(7-11)13(18)8-10-4-2-6-12(16)14(10)17/h1-7,13,18H,8H2. The first kappa shape index (κ1) is 13.9. The van der Waals surface area contributed by atoms with Crippen molar-refractivity contribution in [3.8, 4) is 0 Å². The predicted octanol–water partition coefficient (Wildman–Crippen LogP) is 5.03. The quantitative estimate of drug-likeness (QED) is 0.826. The van der Waals surface area contributed by atoms with Crippen molar-refractivity contribution < 1.29 is 5.11 Å². The van der Waals surface area contributed by atoms with Crippen molar-refractivity contribution in [1.29, 1.82) is 0 Å². The summed E-state index contributed by atoms with van der Waals surface area (Å²) >= 11 is 15.4. The van der Waals surface area contributed by atoms with Gasteiger partial charge in [0.05, 0.1) is 16.1 Å². The Hall–Kier alpha value is -0.540. The fourth-order valence-electron chi connectivity index (χ4n) is 1.75. The topological polar surface area (TPSA) is 20.2 Å². The van der Waals surface area contributed by atoms with Gasteiger partial charge in [-0.2, -0.15) is 0 Å². The molecular weight excluding hydrogens is 335 g/mol. The molecule has 0 fully saturated rings. The lowest BCUT2D eigenvalue weighted by molar-refractivity contribution is 0.178. The minimum atomic E-state index is -0.599. The molecule has 0 radical (unpaired) electrons. The second-order valence-electron chi connectivity index (χ2n) is 3.99. The fraction of sp³-hybridized carbons (Fsp3) is 0.143. The van der Waals surface area contributed by atoms with Crippen molar-refractivity contribution in [1.82, 2.24) is 0 Å². The van der Waals surface area contributed by atoms with Crippen LogP contribution in [0.2, 0.25) is 10.0 Å². The number of benzene rings is 2. The molecule has 94 valence electrons. The van der Waals surface area contributed by atoms with E-state index < -0.39 is 6.10 Å². The van der Waals surface area contributed by atoms with Crippen LogP contribution in [0.15, 0.2) is 46.9 Å². The van der Waals surface area contributed by atoms with Crippen LogP contribution in [-0.2, 0) is 6.42 Å². The molecule has 0 spiro atoms. The molecule has 0 heterocycles. The zero-order valence-electron chi connectivity index (χ0n) is 9.41. The van der Waals surface area contributed by atoms with Gasteiger partial charge in [-0.3, -0.25) is 0 Å². The van der Waals surface area contributed by atoms with Crippen molar-refractivity contribution in [2.45, 2.75) is 12.5 Å². The van der Waals surface area contributed by atoms with Crippen LogP contribution >= 0.6 is 39.1 Å². The third-order valence-electron chi connectivity index (χ3n) is 2.68. The Morgan fingerprint density at radius 2 is 1.83 bits per heavy atom. The molecule has 4 heteroatoms. The number of hydrogen-bond donors (Lipinski definition) is 1. The number of rotatable bonds is 3. The predicted molar refractivity (Wildman–Crippen MR) is 79.3 cm³/mol. The summed E-state index contributed by atoms with van der Waals surface area (Å²) in [5.41, 5.74) is 1.69. The maximum atomic E-state index is 10.2. The van der Waals surface area contributed by atoms with Crippen LogP contribution < -0.4 is 0 Å². The highest BCUT2D eigenvalue weighted by Crippen LogP contribution is 2.29. The molecular formula is C14H11BrCl2O. The maximum Gasteiger partial charge on any atom is 0.0831 e. The second-order valence-corrected chi connectivity index (χ2v) is 5.69. The summed E-state index contributed by atoms with van der Waals surface area (Å²) in [7, 11) is 0. The molecule has 0 aliphatic heterocycles. The van der Waals surface area contributed by atoms with E-state index in [1.165, 1.54) is 0 Å². The van der Waals surface area contributed by atoms with E-state index in [1.54, 1.807) is 6.07 Å². The second kappa shape index (κ2) is 6.07. The normalized spacial score (nSPS) is 12.4. The average Bonchev–Trinajstić information content (AvgIpc) is 2.35. The zero-order valence-corrected chi connectivity index (χ0v) is 12.5. The van der Waals surface area contributed by atoms with E-state index >= 15 is 0 Å². The van der Waals surface area contributed by atoms with E-state index in [-0.39, 0.29) is 0 Å². The molecule has 0 bridgehead atoms. The van der Waals surface area contributed by atoms with E-state index in [4.69, 9.17) is 23.2 Å². The van der Waals surface area contributed by atoms with E-state index in [0.29, 0.717) is 16.5 Å². The first-order valence-corrected chi connectivity index (χ1v) is 6.99.